The van der Waals surface area contributed by atoms with E-state index < -0.39 is 0 Å². The molecule has 1 nitrogen and oxygen atoms in total. The van der Waals surface area contributed by atoms with Gasteiger partial charge in [-0.15, -0.1) is 0 Å². The zero-order valence-electron chi connectivity index (χ0n) is 12.4. The van der Waals surface area contributed by atoms with Crippen molar-refractivity contribution in [3.8, 4) is 22.3 Å². The number of rotatable bonds is 3. The van der Waals surface area contributed by atoms with Gasteiger partial charge in [-0.25, -0.2) is 0 Å². The maximum absolute atomic E-state index is 3.28. The molecule has 0 aliphatic rings. The molecule has 0 aliphatic carbocycles. The van der Waals surface area contributed by atoms with Crippen LogP contribution < -0.4 is 5.32 Å². The molecule has 3 aromatic carbocycles. The van der Waals surface area contributed by atoms with Crippen LogP contribution in [0.25, 0.3) is 22.3 Å². The standard InChI is InChI=1S/C20H19N/c1-15-19(21-2)14-13-18(16-9-5-3-6-10-16)20(15)17-11-7-4-8-12-17/h3-14,21H,1-2H3. The Hall–Kier alpha value is -2.54. The summed E-state index contributed by atoms with van der Waals surface area (Å²) in [6.45, 7) is 2.18. The van der Waals surface area contributed by atoms with Gasteiger partial charge in [0, 0.05) is 12.7 Å². The van der Waals surface area contributed by atoms with Crippen molar-refractivity contribution >= 4 is 5.69 Å². The van der Waals surface area contributed by atoms with Crippen LogP contribution in [0.2, 0.25) is 0 Å². The third kappa shape index (κ3) is 2.55. The Bertz CT molecular complexity index is 731. The molecule has 0 aliphatic heterocycles. The van der Waals surface area contributed by atoms with Crippen LogP contribution in [0, 0.1) is 6.92 Å². The molecule has 0 saturated carbocycles. The second-order valence-electron chi connectivity index (χ2n) is 5.14. The molecule has 0 amide bonds. The summed E-state index contributed by atoms with van der Waals surface area (Å²) in [5, 5.41) is 3.28. The van der Waals surface area contributed by atoms with Gasteiger partial charge in [-0.1, -0.05) is 66.7 Å². The van der Waals surface area contributed by atoms with Crippen molar-refractivity contribution in [1.82, 2.24) is 0 Å². The Kier molecular flexibility index (Phi) is 3.74. The summed E-state index contributed by atoms with van der Waals surface area (Å²) in [4.78, 5) is 0. The van der Waals surface area contributed by atoms with Gasteiger partial charge in [-0.3, -0.25) is 0 Å². The molecule has 0 heterocycles. The maximum atomic E-state index is 3.28. The van der Waals surface area contributed by atoms with Gasteiger partial charge in [0.25, 0.3) is 0 Å². The minimum Gasteiger partial charge on any atom is -0.388 e. The predicted octanol–water partition coefficient (Wildman–Crippen LogP) is 5.37. The van der Waals surface area contributed by atoms with E-state index in [2.05, 4.69) is 85.0 Å². The molecule has 104 valence electrons. The van der Waals surface area contributed by atoms with Crippen molar-refractivity contribution in [2.45, 2.75) is 6.92 Å². The molecular weight excluding hydrogens is 254 g/mol. The molecular formula is C20H19N. The minimum absolute atomic E-state index is 1.17. The summed E-state index contributed by atoms with van der Waals surface area (Å²) in [5.41, 5.74) is 7.54. The normalized spacial score (nSPS) is 10.4. The first-order valence-corrected chi connectivity index (χ1v) is 7.23. The number of hydrogen-bond donors (Lipinski definition) is 1. The van der Waals surface area contributed by atoms with E-state index in [0.717, 1.165) is 0 Å². The third-order valence-corrected chi connectivity index (χ3v) is 3.88. The van der Waals surface area contributed by atoms with Crippen LogP contribution in [0.1, 0.15) is 5.56 Å². The molecule has 0 aromatic heterocycles. The van der Waals surface area contributed by atoms with Gasteiger partial charge < -0.3 is 5.32 Å². The minimum atomic E-state index is 1.17. The van der Waals surface area contributed by atoms with Crippen LogP contribution in [-0.2, 0) is 0 Å². The summed E-state index contributed by atoms with van der Waals surface area (Å²) in [7, 11) is 1.97. The highest BCUT2D eigenvalue weighted by Crippen LogP contribution is 2.37. The van der Waals surface area contributed by atoms with E-state index >= 15 is 0 Å². The zero-order valence-corrected chi connectivity index (χ0v) is 12.4. The maximum Gasteiger partial charge on any atom is 0.0373 e. The first-order valence-electron chi connectivity index (χ1n) is 7.23. The van der Waals surface area contributed by atoms with Crippen molar-refractivity contribution in [1.29, 1.82) is 0 Å². The van der Waals surface area contributed by atoms with Gasteiger partial charge in [0.1, 0.15) is 0 Å². The fraction of sp³-hybridized carbons (Fsp3) is 0.100. The molecule has 3 rings (SSSR count). The van der Waals surface area contributed by atoms with Gasteiger partial charge >= 0.3 is 0 Å². The van der Waals surface area contributed by atoms with Gasteiger partial charge in [0.05, 0.1) is 0 Å². The highest BCUT2D eigenvalue weighted by molar-refractivity contribution is 5.88. The third-order valence-electron chi connectivity index (χ3n) is 3.88. The lowest BCUT2D eigenvalue weighted by Gasteiger charge is -2.17. The molecule has 1 heteroatoms. The zero-order chi connectivity index (χ0) is 14.7. The molecule has 3 aromatic rings. The second kappa shape index (κ2) is 5.84. The highest BCUT2D eigenvalue weighted by atomic mass is 14.8. The van der Waals surface area contributed by atoms with Gasteiger partial charge in [0.2, 0.25) is 0 Å². The number of benzene rings is 3. The van der Waals surface area contributed by atoms with Gasteiger partial charge in [0.15, 0.2) is 0 Å². The van der Waals surface area contributed by atoms with Crippen molar-refractivity contribution in [3.63, 3.8) is 0 Å². The van der Waals surface area contributed by atoms with Crippen LogP contribution in [-0.4, -0.2) is 7.05 Å². The van der Waals surface area contributed by atoms with Crippen LogP contribution in [0.5, 0.6) is 0 Å². The van der Waals surface area contributed by atoms with Crippen molar-refractivity contribution in [2.24, 2.45) is 0 Å². The summed E-state index contributed by atoms with van der Waals surface area (Å²) in [6.07, 6.45) is 0. The summed E-state index contributed by atoms with van der Waals surface area (Å²) >= 11 is 0. The Morgan fingerprint density at radius 2 is 1.24 bits per heavy atom. The Labute approximate surface area is 126 Å². The van der Waals surface area contributed by atoms with Crippen molar-refractivity contribution in [2.75, 3.05) is 12.4 Å². The lowest BCUT2D eigenvalue weighted by molar-refractivity contribution is 1.40. The van der Waals surface area contributed by atoms with Crippen LogP contribution in [0.15, 0.2) is 72.8 Å². The molecule has 0 radical (unpaired) electrons. The van der Waals surface area contributed by atoms with E-state index in [0.29, 0.717) is 0 Å². The molecule has 0 unspecified atom stereocenters. The SMILES string of the molecule is CNc1ccc(-c2ccccc2)c(-c2ccccc2)c1C. The number of hydrogen-bond acceptors (Lipinski definition) is 1. The van der Waals surface area contributed by atoms with Crippen LogP contribution >= 0.6 is 0 Å². The Balaban J connectivity index is 2.28. The molecule has 0 saturated heterocycles. The first kappa shape index (κ1) is 13.4. The number of nitrogens with one attached hydrogen (secondary N) is 1. The Morgan fingerprint density at radius 3 is 1.81 bits per heavy atom. The van der Waals surface area contributed by atoms with Crippen molar-refractivity contribution < 1.29 is 0 Å². The quantitative estimate of drug-likeness (QED) is 0.676. The Morgan fingerprint density at radius 1 is 0.667 bits per heavy atom. The largest absolute Gasteiger partial charge is 0.388 e. The fourth-order valence-electron chi connectivity index (χ4n) is 2.82. The van der Waals surface area contributed by atoms with E-state index in [4.69, 9.17) is 0 Å². The van der Waals surface area contributed by atoms with Crippen molar-refractivity contribution in [3.05, 3.63) is 78.4 Å². The van der Waals surface area contributed by atoms with Crippen LogP contribution in [0.4, 0.5) is 5.69 Å². The van der Waals surface area contributed by atoms with Gasteiger partial charge in [-0.2, -0.15) is 0 Å². The van der Waals surface area contributed by atoms with E-state index in [9.17, 15) is 0 Å². The van der Waals surface area contributed by atoms with E-state index in [-0.39, 0.29) is 0 Å². The lowest BCUT2D eigenvalue weighted by Crippen LogP contribution is -1.96. The molecule has 1 N–H and O–H groups in total. The first-order chi connectivity index (χ1) is 10.3. The summed E-state index contributed by atoms with van der Waals surface area (Å²) in [5.74, 6) is 0. The van der Waals surface area contributed by atoms with E-state index in [1.54, 1.807) is 0 Å². The molecule has 0 bridgehead atoms. The summed E-state index contributed by atoms with van der Waals surface area (Å²) < 4.78 is 0. The fourth-order valence-corrected chi connectivity index (χ4v) is 2.82. The smallest absolute Gasteiger partial charge is 0.0373 e. The molecule has 21 heavy (non-hydrogen) atoms. The van der Waals surface area contributed by atoms with E-state index in [1.807, 2.05) is 7.05 Å². The molecule has 0 atom stereocenters. The van der Waals surface area contributed by atoms with Crippen LogP contribution in [0.3, 0.4) is 0 Å². The molecule has 0 spiro atoms. The highest BCUT2D eigenvalue weighted by Gasteiger charge is 2.12. The average molecular weight is 273 g/mol. The monoisotopic (exact) mass is 273 g/mol. The topological polar surface area (TPSA) is 12.0 Å². The van der Waals surface area contributed by atoms with Gasteiger partial charge in [-0.05, 0) is 40.8 Å². The van der Waals surface area contributed by atoms with E-state index in [1.165, 1.54) is 33.5 Å². The number of anilines is 1. The second-order valence-corrected chi connectivity index (χ2v) is 5.14. The predicted molar refractivity (Wildman–Crippen MR) is 91.6 cm³/mol. The summed E-state index contributed by atoms with van der Waals surface area (Å²) in [6, 6.07) is 25.5. The molecule has 0 fully saturated rings. The average Bonchev–Trinajstić information content (AvgIpc) is 2.56. The lowest BCUT2D eigenvalue weighted by atomic mass is 9.90.